The molecule has 1 aromatic heterocycles. The number of aromatic nitrogens is 2. The molecule has 8 nitrogen and oxygen atoms in total. The zero-order valence-electron chi connectivity index (χ0n) is 14.4. The smallest absolute Gasteiger partial charge is 0.306 e. The Morgan fingerprint density at radius 2 is 2.08 bits per heavy atom. The van der Waals surface area contributed by atoms with E-state index in [1.54, 1.807) is 0 Å². The van der Waals surface area contributed by atoms with E-state index in [1.807, 2.05) is 6.07 Å². The normalized spacial score (nSPS) is 14.3. The zero-order valence-corrected chi connectivity index (χ0v) is 14.4. The number of nitro benzene ring substituents is 1. The fourth-order valence-electron chi connectivity index (χ4n) is 2.74. The van der Waals surface area contributed by atoms with E-state index >= 15 is 0 Å². The van der Waals surface area contributed by atoms with Crippen LogP contribution in [0.15, 0.2) is 24.3 Å². The highest BCUT2D eigenvalue weighted by atomic mass is 19.1. The van der Waals surface area contributed by atoms with Crippen LogP contribution in [0.2, 0.25) is 0 Å². The number of ether oxygens (including phenoxy) is 1. The molecule has 0 amide bonds. The van der Waals surface area contributed by atoms with Gasteiger partial charge in [0.15, 0.2) is 0 Å². The van der Waals surface area contributed by atoms with Gasteiger partial charge in [0, 0.05) is 36.6 Å². The van der Waals surface area contributed by atoms with Gasteiger partial charge in [-0.2, -0.15) is 9.37 Å². The molecule has 1 fully saturated rings. The fraction of sp³-hybridized carbons (Fsp3) is 0.412. The van der Waals surface area contributed by atoms with E-state index in [2.05, 4.69) is 27.1 Å². The summed E-state index contributed by atoms with van der Waals surface area (Å²) in [6.07, 6.45) is 1.72. The predicted octanol–water partition coefficient (Wildman–Crippen LogP) is 3.06. The minimum Gasteiger partial charge on any atom is -0.378 e. The third kappa shape index (κ3) is 4.23. The van der Waals surface area contributed by atoms with Crippen molar-refractivity contribution in [2.75, 3.05) is 36.5 Å². The number of anilines is 3. The first kappa shape index (κ1) is 18.0. The maximum Gasteiger partial charge on any atom is 0.306 e. The van der Waals surface area contributed by atoms with E-state index in [9.17, 15) is 14.5 Å². The van der Waals surface area contributed by atoms with Crippen LogP contribution < -0.4 is 10.2 Å². The minimum absolute atomic E-state index is 0.332. The van der Waals surface area contributed by atoms with Gasteiger partial charge < -0.3 is 15.0 Å². The van der Waals surface area contributed by atoms with Crippen LogP contribution in [0.5, 0.6) is 0 Å². The molecule has 0 saturated carbocycles. The number of nitrogens with zero attached hydrogens (tertiary/aromatic N) is 4. The van der Waals surface area contributed by atoms with Crippen molar-refractivity contribution in [2.45, 2.75) is 19.8 Å². The van der Waals surface area contributed by atoms with Gasteiger partial charge in [-0.15, -0.1) is 0 Å². The maximum absolute atomic E-state index is 13.5. The molecule has 1 aliphatic rings. The van der Waals surface area contributed by atoms with Crippen LogP contribution in [-0.2, 0) is 11.2 Å². The Balaban J connectivity index is 1.89. The van der Waals surface area contributed by atoms with Crippen molar-refractivity contribution in [3.63, 3.8) is 0 Å². The molecule has 0 unspecified atom stereocenters. The number of nitro groups is 1. The quantitative estimate of drug-likeness (QED) is 0.624. The topological polar surface area (TPSA) is 93.4 Å². The van der Waals surface area contributed by atoms with Gasteiger partial charge in [0.2, 0.25) is 11.8 Å². The number of rotatable bonds is 6. The van der Waals surface area contributed by atoms with Gasteiger partial charge in [0.1, 0.15) is 5.82 Å². The molecular formula is C17H20FN5O3. The Kier molecular flexibility index (Phi) is 5.57. The Morgan fingerprint density at radius 1 is 1.31 bits per heavy atom. The summed E-state index contributed by atoms with van der Waals surface area (Å²) in [7, 11) is 0. The molecule has 0 spiro atoms. The number of benzene rings is 1. The maximum atomic E-state index is 13.5. The largest absolute Gasteiger partial charge is 0.378 e. The van der Waals surface area contributed by atoms with Crippen molar-refractivity contribution in [2.24, 2.45) is 0 Å². The van der Waals surface area contributed by atoms with Crippen LogP contribution in [0.1, 0.15) is 19.0 Å². The standard InChI is InChI=1S/C17H20FN5O3/c1-2-3-12-11-16(22-6-8-26-9-7-22)21-17(19-12)20-13-4-5-14(18)15(10-13)23(24)25/h4-5,10-11H,2-3,6-9H2,1H3,(H,19,20,21). The number of hydrogen-bond acceptors (Lipinski definition) is 7. The van der Waals surface area contributed by atoms with Gasteiger partial charge in [-0.25, -0.2) is 4.98 Å². The number of nitrogens with one attached hydrogen (secondary N) is 1. The molecule has 9 heteroatoms. The Morgan fingerprint density at radius 3 is 2.77 bits per heavy atom. The molecule has 0 aliphatic carbocycles. The van der Waals surface area contributed by atoms with Crippen LogP contribution in [0.3, 0.4) is 0 Å². The molecule has 26 heavy (non-hydrogen) atoms. The molecule has 1 aliphatic heterocycles. The monoisotopic (exact) mass is 361 g/mol. The second kappa shape index (κ2) is 8.05. The van der Waals surface area contributed by atoms with Crippen LogP contribution in [0.4, 0.5) is 27.5 Å². The van der Waals surface area contributed by atoms with Gasteiger partial charge in [0.05, 0.1) is 18.1 Å². The summed E-state index contributed by atoms with van der Waals surface area (Å²) in [5.74, 6) is 0.236. The number of halogens is 1. The first-order valence-electron chi connectivity index (χ1n) is 8.48. The predicted molar refractivity (Wildman–Crippen MR) is 95.4 cm³/mol. The van der Waals surface area contributed by atoms with Gasteiger partial charge >= 0.3 is 5.69 Å². The highest BCUT2D eigenvalue weighted by Crippen LogP contribution is 2.25. The number of morpholine rings is 1. The molecule has 138 valence electrons. The van der Waals surface area contributed by atoms with E-state index < -0.39 is 16.4 Å². The molecule has 1 saturated heterocycles. The molecular weight excluding hydrogens is 341 g/mol. The summed E-state index contributed by atoms with van der Waals surface area (Å²) in [6.45, 7) is 4.82. The highest BCUT2D eigenvalue weighted by Gasteiger charge is 2.17. The van der Waals surface area contributed by atoms with Crippen molar-refractivity contribution in [1.82, 2.24) is 9.97 Å². The Labute approximate surface area is 150 Å². The molecule has 2 aromatic rings. The molecule has 1 N–H and O–H groups in total. The lowest BCUT2D eigenvalue weighted by atomic mass is 10.2. The van der Waals surface area contributed by atoms with E-state index in [-0.39, 0.29) is 0 Å². The van der Waals surface area contributed by atoms with Crippen LogP contribution >= 0.6 is 0 Å². The fourth-order valence-corrected chi connectivity index (χ4v) is 2.74. The van der Waals surface area contributed by atoms with E-state index in [4.69, 9.17) is 4.74 Å². The summed E-state index contributed by atoms with van der Waals surface area (Å²) < 4.78 is 18.9. The Bertz CT molecular complexity index is 796. The third-order valence-corrected chi connectivity index (χ3v) is 4.01. The summed E-state index contributed by atoms with van der Waals surface area (Å²) >= 11 is 0. The van der Waals surface area contributed by atoms with Crippen molar-refractivity contribution >= 4 is 23.1 Å². The highest BCUT2D eigenvalue weighted by molar-refractivity contribution is 5.59. The summed E-state index contributed by atoms with van der Waals surface area (Å²) in [5.41, 5.74) is 0.649. The lowest BCUT2D eigenvalue weighted by molar-refractivity contribution is -0.387. The van der Waals surface area contributed by atoms with E-state index in [0.717, 1.165) is 49.6 Å². The van der Waals surface area contributed by atoms with Gasteiger partial charge in [-0.05, 0) is 18.6 Å². The Hall–Kier alpha value is -2.81. The molecule has 2 heterocycles. The molecule has 3 rings (SSSR count). The lowest BCUT2D eigenvalue weighted by Crippen LogP contribution is -2.37. The van der Waals surface area contributed by atoms with Crippen molar-refractivity contribution in [1.29, 1.82) is 0 Å². The van der Waals surface area contributed by atoms with Crippen LogP contribution in [0.25, 0.3) is 0 Å². The summed E-state index contributed by atoms with van der Waals surface area (Å²) in [4.78, 5) is 21.3. The zero-order chi connectivity index (χ0) is 18.5. The second-order valence-corrected chi connectivity index (χ2v) is 5.94. The molecule has 1 aromatic carbocycles. The molecule has 0 bridgehead atoms. The summed E-state index contributed by atoms with van der Waals surface area (Å²) in [6, 6.07) is 5.57. The van der Waals surface area contributed by atoms with Crippen LogP contribution in [0, 0.1) is 15.9 Å². The van der Waals surface area contributed by atoms with Crippen molar-refractivity contribution in [3.05, 3.63) is 45.9 Å². The van der Waals surface area contributed by atoms with Crippen molar-refractivity contribution in [3.8, 4) is 0 Å². The third-order valence-electron chi connectivity index (χ3n) is 4.01. The van der Waals surface area contributed by atoms with E-state index in [0.29, 0.717) is 24.8 Å². The van der Waals surface area contributed by atoms with Gasteiger partial charge in [-0.3, -0.25) is 10.1 Å². The van der Waals surface area contributed by atoms with E-state index in [1.165, 1.54) is 6.07 Å². The number of hydrogen-bond donors (Lipinski definition) is 1. The van der Waals surface area contributed by atoms with Gasteiger partial charge in [0.25, 0.3) is 0 Å². The summed E-state index contributed by atoms with van der Waals surface area (Å²) in [5, 5.41) is 13.9. The second-order valence-electron chi connectivity index (χ2n) is 5.94. The van der Waals surface area contributed by atoms with Crippen molar-refractivity contribution < 1.29 is 14.1 Å². The first-order chi connectivity index (χ1) is 12.6. The average molecular weight is 361 g/mol. The lowest BCUT2D eigenvalue weighted by Gasteiger charge is -2.28. The van der Waals surface area contributed by atoms with Gasteiger partial charge in [-0.1, -0.05) is 13.3 Å². The number of aryl methyl sites for hydroxylation is 1. The molecule has 0 radical (unpaired) electrons. The average Bonchev–Trinajstić information content (AvgIpc) is 2.64. The minimum atomic E-state index is -0.879. The molecule has 0 atom stereocenters. The first-order valence-corrected chi connectivity index (χ1v) is 8.48. The SMILES string of the molecule is CCCc1cc(N2CCOCC2)nc(Nc2ccc(F)c([N+](=O)[O-])c2)n1. The van der Waals surface area contributed by atoms with Crippen LogP contribution in [-0.4, -0.2) is 41.2 Å².